The summed E-state index contributed by atoms with van der Waals surface area (Å²) in [5.74, 6) is -0.189. The molecule has 3 nitrogen and oxygen atoms in total. The number of aliphatic hydroxyl groups is 1. The van der Waals surface area contributed by atoms with E-state index in [0.29, 0.717) is 0 Å². The molecule has 1 amide bonds. The SMILES string of the molecule is CCc1ccc(/C=C/C(=O)NCC(C)O)cc1. The van der Waals surface area contributed by atoms with Crippen molar-refractivity contribution in [1.29, 1.82) is 0 Å². The van der Waals surface area contributed by atoms with Crippen LogP contribution < -0.4 is 5.32 Å². The van der Waals surface area contributed by atoms with Crippen molar-refractivity contribution in [2.45, 2.75) is 26.4 Å². The van der Waals surface area contributed by atoms with Crippen molar-refractivity contribution >= 4 is 12.0 Å². The molecular weight excluding hydrogens is 214 g/mol. The van der Waals surface area contributed by atoms with E-state index in [0.717, 1.165) is 12.0 Å². The molecule has 0 aliphatic carbocycles. The number of amides is 1. The number of carbonyl (C=O) groups is 1. The van der Waals surface area contributed by atoms with Gasteiger partial charge in [-0.2, -0.15) is 0 Å². The number of hydrogen-bond acceptors (Lipinski definition) is 2. The van der Waals surface area contributed by atoms with Crippen LogP contribution >= 0.6 is 0 Å². The lowest BCUT2D eigenvalue weighted by molar-refractivity contribution is -0.116. The van der Waals surface area contributed by atoms with E-state index in [-0.39, 0.29) is 12.5 Å². The Morgan fingerprint density at radius 3 is 2.59 bits per heavy atom. The molecule has 1 unspecified atom stereocenters. The molecule has 1 rings (SSSR count). The van der Waals surface area contributed by atoms with Crippen molar-refractivity contribution in [2.75, 3.05) is 6.54 Å². The zero-order valence-corrected chi connectivity index (χ0v) is 10.3. The maximum absolute atomic E-state index is 11.3. The van der Waals surface area contributed by atoms with Gasteiger partial charge in [0.05, 0.1) is 6.10 Å². The van der Waals surface area contributed by atoms with Gasteiger partial charge in [0.25, 0.3) is 0 Å². The maximum Gasteiger partial charge on any atom is 0.244 e. The van der Waals surface area contributed by atoms with Gasteiger partial charge in [0, 0.05) is 12.6 Å². The summed E-state index contributed by atoms with van der Waals surface area (Å²) in [4.78, 5) is 11.3. The average Bonchev–Trinajstić information content (AvgIpc) is 2.34. The lowest BCUT2D eigenvalue weighted by Gasteiger charge is -2.03. The van der Waals surface area contributed by atoms with Gasteiger partial charge in [0.1, 0.15) is 0 Å². The maximum atomic E-state index is 11.3. The molecule has 2 N–H and O–H groups in total. The van der Waals surface area contributed by atoms with Gasteiger partial charge in [0.15, 0.2) is 0 Å². The molecule has 1 aromatic rings. The largest absolute Gasteiger partial charge is 0.392 e. The summed E-state index contributed by atoms with van der Waals surface area (Å²) in [7, 11) is 0. The van der Waals surface area contributed by atoms with Gasteiger partial charge >= 0.3 is 0 Å². The zero-order chi connectivity index (χ0) is 12.7. The number of aliphatic hydroxyl groups excluding tert-OH is 1. The third-order valence-corrected chi connectivity index (χ3v) is 2.39. The first-order chi connectivity index (χ1) is 8.11. The Bertz CT molecular complexity index is 380. The van der Waals surface area contributed by atoms with Crippen LogP contribution in [0.5, 0.6) is 0 Å². The van der Waals surface area contributed by atoms with Crippen LogP contribution in [0.15, 0.2) is 30.3 Å². The molecule has 92 valence electrons. The molecule has 0 spiro atoms. The quantitative estimate of drug-likeness (QED) is 0.761. The van der Waals surface area contributed by atoms with Crippen LogP contribution in [0.25, 0.3) is 6.08 Å². The molecule has 0 aromatic heterocycles. The fraction of sp³-hybridized carbons (Fsp3) is 0.357. The molecule has 0 heterocycles. The first-order valence-corrected chi connectivity index (χ1v) is 5.84. The van der Waals surface area contributed by atoms with Gasteiger partial charge in [-0.1, -0.05) is 31.2 Å². The normalized spacial score (nSPS) is 12.6. The molecule has 0 aliphatic heterocycles. The second-order valence-corrected chi connectivity index (χ2v) is 4.02. The Morgan fingerprint density at radius 2 is 2.06 bits per heavy atom. The predicted octanol–water partition coefficient (Wildman–Crippen LogP) is 1.76. The van der Waals surface area contributed by atoms with Crippen LogP contribution in [0.3, 0.4) is 0 Å². The van der Waals surface area contributed by atoms with Crippen molar-refractivity contribution in [1.82, 2.24) is 5.32 Å². The van der Waals surface area contributed by atoms with Gasteiger partial charge in [0.2, 0.25) is 5.91 Å². The van der Waals surface area contributed by atoms with Crippen LogP contribution in [0.2, 0.25) is 0 Å². The van der Waals surface area contributed by atoms with Gasteiger partial charge in [-0.3, -0.25) is 4.79 Å². The van der Waals surface area contributed by atoms with E-state index in [1.54, 1.807) is 13.0 Å². The molecule has 17 heavy (non-hydrogen) atoms. The summed E-state index contributed by atoms with van der Waals surface area (Å²) in [5, 5.41) is 11.6. The van der Waals surface area contributed by atoms with Gasteiger partial charge in [-0.15, -0.1) is 0 Å². The minimum Gasteiger partial charge on any atom is -0.392 e. The second kappa shape index (κ2) is 6.86. The van der Waals surface area contributed by atoms with E-state index in [4.69, 9.17) is 5.11 Å². The lowest BCUT2D eigenvalue weighted by atomic mass is 10.1. The summed E-state index contributed by atoms with van der Waals surface area (Å²) in [6.45, 7) is 4.01. The van der Waals surface area contributed by atoms with Gasteiger partial charge in [-0.05, 0) is 30.5 Å². The van der Waals surface area contributed by atoms with Crippen LogP contribution in [-0.4, -0.2) is 23.7 Å². The molecule has 0 fully saturated rings. The fourth-order valence-electron chi connectivity index (χ4n) is 1.34. The van der Waals surface area contributed by atoms with Crippen molar-refractivity contribution in [2.24, 2.45) is 0 Å². The number of rotatable bonds is 5. The lowest BCUT2D eigenvalue weighted by Crippen LogP contribution is -2.28. The Labute approximate surface area is 102 Å². The van der Waals surface area contributed by atoms with Crippen LogP contribution in [0, 0.1) is 0 Å². The van der Waals surface area contributed by atoms with Crippen LogP contribution in [0.4, 0.5) is 0 Å². The molecule has 0 saturated carbocycles. The van der Waals surface area contributed by atoms with Gasteiger partial charge in [-0.25, -0.2) is 0 Å². The van der Waals surface area contributed by atoms with Crippen molar-refractivity contribution < 1.29 is 9.90 Å². The summed E-state index contributed by atoms with van der Waals surface area (Å²) in [6, 6.07) is 8.06. The van der Waals surface area contributed by atoms with E-state index in [2.05, 4.69) is 12.2 Å². The number of carbonyl (C=O) groups excluding carboxylic acids is 1. The summed E-state index contributed by atoms with van der Waals surface area (Å²) < 4.78 is 0. The highest BCUT2D eigenvalue weighted by molar-refractivity contribution is 5.91. The monoisotopic (exact) mass is 233 g/mol. The highest BCUT2D eigenvalue weighted by Gasteiger charge is 1.98. The molecular formula is C14H19NO2. The molecule has 1 atom stereocenters. The molecule has 0 saturated heterocycles. The number of benzene rings is 1. The highest BCUT2D eigenvalue weighted by Crippen LogP contribution is 2.06. The van der Waals surface area contributed by atoms with E-state index in [9.17, 15) is 4.79 Å². The van der Waals surface area contributed by atoms with Gasteiger partial charge < -0.3 is 10.4 Å². The van der Waals surface area contributed by atoms with E-state index in [1.807, 2.05) is 24.3 Å². The van der Waals surface area contributed by atoms with Crippen molar-refractivity contribution in [3.8, 4) is 0 Å². The van der Waals surface area contributed by atoms with E-state index < -0.39 is 6.10 Å². The van der Waals surface area contributed by atoms with Crippen molar-refractivity contribution in [3.63, 3.8) is 0 Å². The third kappa shape index (κ3) is 5.31. The molecule has 0 radical (unpaired) electrons. The first-order valence-electron chi connectivity index (χ1n) is 5.84. The topological polar surface area (TPSA) is 49.3 Å². The molecule has 0 aliphatic rings. The molecule has 0 bridgehead atoms. The summed E-state index contributed by atoms with van der Waals surface area (Å²) in [5.41, 5.74) is 2.27. The number of aryl methyl sites for hydroxylation is 1. The Kier molecular flexibility index (Phi) is 5.43. The molecule has 3 heteroatoms. The van der Waals surface area contributed by atoms with Crippen LogP contribution in [0.1, 0.15) is 25.0 Å². The first kappa shape index (κ1) is 13.5. The highest BCUT2D eigenvalue weighted by atomic mass is 16.3. The van der Waals surface area contributed by atoms with E-state index >= 15 is 0 Å². The Hall–Kier alpha value is -1.61. The average molecular weight is 233 g/mol. The zero-order valence-electron chi connectivity index (χ0n) is 10.3. The minimum atomic E-state index is -0.517. The van der Waals surface area contributed by atoms with Crippen molar-refractivity contribution in [3.05, 3.63) is 41.5 Å². The summed E-state index contributed by atoms with van der Waals surface area (Å²) in [6.07, 6.45) is 3.73. The third-order valence-electron chi connectivity index (χ3n) is 2.39. The number of nitrogens with one attached hydrogen (secondary N) is 1. The van der Waals surface area contributed by atoms with Crippen LogP contribution in [-0.2, 0) is 11.2 Å². The number of hydrogen-bond donors (Lipinski definition) is 2. The smallest absolute Gasteiger partial charge is 0.244 e. The fourth-order valence-corrected chi connectivity index (χ4v) is 1.34. The minimum absolute atomic E-state index is 0.189. The Balaban J connectivity index is 2.49. The Morgan fingerprint density at radius 1 is 1.41 bits per heavy atom. The second-order valence-electron chi connectivity index (χ2n) is 4.02. The molecule has 1 aromatic carbocycles. The summed E-state index contributed by atoms with van der Waals surface area (Å²) >= 11 is 0. The predicted molar refractivity (Wildman–Crippen MR) is 69.5 cm³/mol. The standard InChI is InChI=1S/C14H19NO2/c1-3-12-4-6-13(7-5-12)8-9-14(17)15-10-11(2)16/h4-9,11,16H,3,10H2,1-2H3,(H,15,17)/b9-8+. The van der Waals surface area contributed by atoms with E-state index in [1.165, 1.54) is 11.6 Å².